The summed E-state index contributed by atoms with van der Waals surface area (Å²) in [6.45, 7) is 10.2. The topological polar surface area (TPSA) is 77.7 Å². The SMILES string of the molecule is C=C(C)/C(CN1C=C(NC(=O)c2ccc3oc(C)cc3c2)CN1)=C(/C)O. The van der Waals surface area contributed by atoms with Crippen molar-refractivity contribution < 1.29 is 14.3 Å². The number of furan rings is 1. The molecule has 0 saturated heterocycles. The highest BCUT2D eigenvalue weighted by molar-refractivity contribution is 5.98. The van der Waals surface area contributed by atoms with Gasteiger partial charge in [0.2, 0.25) is 0 Å². The normalized spacial score (nSPS) is 15.0. The van der Waals surface area contributed by atoms with Gasteiger partial charge in [-0.3, -0.25) is 4.79 Å². The van der Waals surface area contributed by atoms with Crippen molar-refractivity contribution in [3.63, 3.8) is 0 Å². The third-order valence-corrected chi connectivity index (χ3v) is 4.24. The van der Waals surface area contributed by atoms with Gasteiger partial charge in [-0.2, -0.15) is 0 Å². The lowest BCUT2D eigenvalue weighted by Gasteiger charge is -2.18. The molecule has 1 aromatic carbocycles. The number of hydrogen-bond donors (Lipinski definition) is 3. The third kappa shape index (κ3) is 3.81. The number of aliphatic hydroxyl groups excluding tert-OH is 1. The highest BCUT2D eigenvalue weighted by atomic mass is 16.3. The highest BCUT2D eigenvalue weighted by Crippen LogP contribution is 2.20. The average molecular weight is 353 g/mol. The Balaban J connectivity index is 1.69. The summed E-state index contributed by atoms with van der Waals surface area (Å²) < 4.78 is 5.53. The number of rotatable bonds is 5. The molecule has 0 aliphatic carbocycles. The van der Waals surface area contributed by atoms with Crippen molar-refractivity contribution in [2.24, 2.45) is 0 Å². The van der Waals surface area contributed by atoms with Crippen molar-refractivity contribution in [3.05, 3.63) is 71.0 Å². The summed E-state index contributed by atoms with van der Waals surface area (Å²) in [4.78, 5) is 12.5. The molecule has 0 saturated carbocycles. The maximum atomic E-state index is 12.5. The molecule has 2 heterocycles. The molecule has 1 aromatic heterocycles. The van der Waals surface area contributed by atoms with Crippen LogP contribution in [-0.4, -0.2) is 29.1 Å². The van der Waals surface area contributed by atoms with Gasteiger partial charge in [-0.1, -0.05) is 6.58 Å². The van der Waals surface area contributed by atoms with E-state index in [9.17, 15) is 9.90 Å². The number of benzene rings is 1. The van der Waals surface area contributed by atoms with Crippen molar-refractivity contribution in [1.82, 2.24) is 15.8 Å². The lowest BCUT2D eigenvalue weighted by atomic mass is 10.1. The third-order valence-electron chi connectivity index (χ3n) is 4.24. The number of carbonyl (C=O) groups is 1. The zero-order chi connectivity index (χ0) is 18.8. The van der Waals surface area contributed by atoms with Gasteiger partial charge >= 0.3 is 0 Å². The molecular weight excluding hydrogens is 330 g/mol. The first-order valence-electron chi connectivity index (χ1n) is 8.40. The van der Waals surface area contributed by atoms with Crippen LogP contribution in [0.1, 0.15) is 30.0 Å². The summed E-state index contributed by atoms with van der Waals surface area (Å²) in [6.07, 6.45) is 1.82. The Morgan fingerprint density at radius 3 is 2.85 bits per heavy atom. The Morgan fingerprint density at radius 2 is 2.15 bits per heavy atom. The summed E-state index contributed by atoms with van der Waals surface area (Å²) in [5.74, 6) is 0.889. The smallest absolute Gasteiger partial charge is 0.255 e. The zero-order valence-electron chi connectivity index (χ0n) is 15.2. The first-order chi connectivity index (χ1) is 12.3. The molecule has 2 aromatic rings. The van der Waals surface area contributed by atoms with Gasteiger partial charge in [-0.25, -0.2) is 5.43 Å². The monoisotopic (exact) mass is 353 g/mol. The molecule has 0 bridgehead atoms. The van der Waals surface area contributed by atoms with E-state index in [-0.39, 0.29) is 11.7 Å². The lowest BCUT2D eigenvalue weighted by Crippen LogP contribution is -2.32. The van der Waals surface area contributed by atoms with Crippen LogP contribution in [0.15, 0.2) is 64.1 Å². The van der Waals surface area contributed by atoms with Crippen LogP contribution in [0.5, 0.6) is 0 Å². The second kappa shape index (κ2) is 7.09. The van der Waals surface area contributed by atoms with Crippen LogP contribution in [0.4, 0.5) is 0 Å². The number of amides is 1. The molecule has 3 N–H and O–H groups in total. The molecule has 1 aliphatic rings. The summed E-state index contributed by atoms with van der Waals surface area (Å²) >= 11 is 0. The molecule has 0 spiro atoms. The second-order valence-corrected chi connectivity index (χ2v) is 6.53. The molecule has 0 radical (unpaired) electrons. The Kier molecular flexibility index (Phi) is 4.86. The van der Waals surface area contributed by atoms with Crippen LogP contribution in [-0.2, 0) is 0 Å². The number of aliphatic hydroxyl groups is 1. The molecule has 1 amide bonds. The van der Waals surface area contributed by atoms with Crippen LogP contribution in [0.2, 0.25) is 0 Å². The molecule has 0 atom stereocenters. The molecule has 0 unspecified atom stereocenters. The minimum atomic E-state index is -0.172. The van der Waals surface area contributed by atoms with Crippen LogP contribution in [0, 0.1) is 6.92 Å². The van der Waals surface area contributed by atoms with Gasteiger partial charge in [0.05, 0.1) is 24.5 Å². The van der Waals surface area contributed by atoms with E-state index >= 15 is 0 Å². The predicted octanol–water partition coefficient (Wildman–Crippen LogP) is 3.54. The van der Waals surface area contributed by atoms with Crippen molar-refractivity contribution in [1.29, 1.82) is 0 Å². The van der Waals surface area contributed by atoms with Gasteiger partial charge in [0.25, 0.3) is 5.91 Å². The largest absolute Gasteiger partial charge is 0.512 e. The fourth-order valence-corrected chi connectivity index (χ4v) is 2.91. The van der Waals surface area contributed by atoms with Gasteiger partial charge in [-0.05, 0) is 50.6 Å². The summed E-state index contributed by atoms with van der Waals surface area (Å²) in [5.41, 5.74) is 6.84. The minimum Gasteiger partial charge on any atom is -0.512 e. The van der Waals surface area contributed by atoms with Crippen molar-refractivity contribution in [2.75, 3.05) is 13.1 Å². The van der Waals surface area contributed by atoms with Crippen LogP contribution in [0.3, 0.4) is 0 Å². The van der Waals surface area contributed by atoms with E-state index < -0.39 is 0 Å². The zero-order valence-corrected chi connectivity index (χ0v) is 15.2. The van der Waals surface area contributed by atoms with E-state index in [1.807, 2.05) is 37.2 Å². The molecule has 136 valence electrons. The van der Waals surface area contributed by atoms with Crippen LogP contribution < -0.4 is 10.7 Å². The Hall–Kier alpha value is -2.99. The molecule has 6 heteroatoms. The van der Waals surface area contributed by atoms with E-state index in [1.165, 1.54) is 0 Å². The van der Waals surface area contributed by atoms with E-state index in [0.29, 0.717) is 18.7 Å². The Bertz CT molecular complexity index is 933. The highest BCUT2D eigenvalue weighted by Gasteiger charge is 2.17. The van der Waals surface area contributed by atoms with Crippen molar-refractivity contribution in [2.45, 2.75) is 20.8 Å². The summed E-state index contributed by atoms with van der Waals surface area (Å²) in [7, 11) is 0. The number of aryl methyl sites for hydroxylation is 1. The lowest BCUT2D eigenvalue weighted by molar-refractivity contribution is 0.0965. The van der Waals surface area contributed by atoms with E-state index in [1.54, 1.807) is 19.1 Å². The molecule has 26 heavy (non-hydrogen) atoms. The number of hydrazine groups is 1. The number of hydrogen-bond acceptors (Lipinski definition) is 5. The fraction of sp³-hybridized carbons (Fsp3) is 0.250. The molecule has 6 nitrogen and oxygen atoms in total. The molecule has 1 aliphatic heterocycles. The first-order valence-corrected chi connectivity index (χ1v) is 8.40. The van der Waals surface area contributed by atoms with E-state index in [0.717, 1.165) is 33.6 Å². The average Bonchev–Trinajstić information content (AvgIpc) is 3.16. The van der Waals surface area contributed by atoms with E-state index in [2.05, 4.69) is 17.3 Å². The Labute approximate surface area is 152 Å². The fourth-order valence-electron chi connectivity index (χ4n) is 2.91. The second-order valence-electron chi connectivity index (χ2n) is 6.53. The summed E-state index contributed by atoms with van der Waals surface area (Å²) in [5, 5.41) is 15.4. The number of nitrogens with zero attached hydrogens (tertiary/aromatic N) is 1. The van der Waals surface area contributed by atoms with Crippen molar-refractivity contribution >= 4 is 16.9 Å². The van der Waals surface area contributed by atoms with Gasteiger partial charge in [-0.15, -0.1) is 0 Å². The number of fused-ring (bicyclic) bond motifs is 1. The van der Waals surface area contributed by atoms with Crippen molar-refractivity contribution in [3.8, 4) is 0 Å². The number of carbonyl (C=O) groups excluding carboxylic acids is 1. The van der Waals surface area contributed by atoms with Gasteiger partial charge in [0.15, 0.2) is 0 Å². The van der Waals surface area contributed by atoms with E-state index in [4.69, 9.17) is 4.42 Å². The van der Waals surface area contributed by atoms with Gasteiger partial charge < -0.3 is 19.8 Å². The van der Waals surface area contributed by atoms with Crippen LogP contribution in [0.25, 0.3) is 11.0 Å². The minimum absolute atomic E-state index is 0.172. The number of nitrogens with one attached hydrogen (secondary N) is 2. The first kappa shape index (κ1) is 17.8. The van der Waals surface area contributed by atoms with Gasteiger partial charge in [0, 0.05) is 22.7 Å². The maximum absolute atomic E-state index is 12.5. The quantitative estimate of drug-likeness (QED) is 0.566. The van der Waals surface area contributed by atoms with Gasteiger partial charge in [0.1, 0.15) is 11.3 Å². The van der Waals surface area contributed by atoms with Crippen LogP contribution >= 0.6 is 0 Å². The molecule has 3 rings (SSSR count). The number of allylic oxidation sites excluding steroid dienone is 1. The predicted molar refractivity (Wildman–Crippen MR) is 101 cm³/mol. The molecule has 0 fully saturated rings. The maximum Gasteiger partial charge on any atom is 0.255 e. The summed E-state index contributed by atoms with van der Waals surface area (Å²) in [6, 6.07) is 7.28. The Morgan fingerprint density at radius 1 is 1.38 bits per heavy atom. The molecular formula is C20H23N3O3. The standard InChI is InChI=1S/C20H23N3O3/c1-12(2)18(14(4)24)11-23-10-17(9-21-23)22-20(25)15-5-6-19-16(8-15)7-13(3)26-19/h5-8,10,21,24H,1,9,11H2,2-4H3,(H,22,25)/b18-14-.